The molecular formula is C11H14ClNO. The first-order chi connectivity index (χ1) is 6.33. The van der Waals surface area contributed by atoms with Crippen LogP contribution in [0.1, 0.15) is 5.56 Å². The minimum Gasteiger partial charge on any atom is -1.00 e. The molecule has 1 unspecified atom stereocenters. The summed E-state index contributed by atoms with van der Waals surface area (Å²) in [4.78, 5) is 1.02. The summed E-state index contributed by atoms with van der Waals surface area (Å²) in [5.74, 6) is 3.03. The molecule has 0 heterocycles. The molecule has 3 heteroatoms. The van der Waals surface area contributed by atoms with Crippen molar-refractivity contribution in [3.63, 3.8) is 0 Å². The summed E-state index contributed by atoms with van der Waals surface area (Å²) in [6.07, 6.45) is 0. The summed E-state index contributed by atoms with van der Waals surface area (Å²) in [6.45, 7) is 0.842. The van der Waals surface area contributed by atoms with Crippen molar-refractivity contribution in [2.45, 2.75) is 0 Å². The highest BCUT2D eigenvalue weighted by molar-refractivity contribution is 5.31. The average Bonchev–Trinajstić information content (AvgIpc) is 2.17. The van der Waals surface area contributed by atoms with Gasteiger partial charge in [-0.3, -0.25) is 4.90 Å². The van der Waals surface area contributed by atoms with Crippen LogP contribution in [0.2, 0.25) is 0 Å². The van der Waals surface area contributed by atoms with Crippen LogP contribution in [-0.2, 0) is 0 Å². The normalized spacial score (nSPS) is 10.7. The Morgan fingerprint density at radius 1 is 1.29 bits per heavy atom. The van der Waals surface area contributed by atoms with Crippen LogP contribution in [0, 0.1) is 12.0 Å². The maximum atomic E-state index is 8.65. The van der Waals surface area contributed by atoms with Crippen molar-refractivity contribution in [2.24, 2.45) is 0 Å². The molecule has 0 aliphatic rings. The molecule has 0 fully saturated rings. The van der Waals surface area contributed by atoms with Crippen LogP contribution < -0.4 is 17.3 Å². The number of benzene rings is 1. The second kappa shape index (κ2) is 7.40. The standard InChI is InChI=1S/C11H13NO.ClH/c1-12(9-10-13)8-7-11-5-3-2-4-6-11;/h2-6,13H,9-10H2,1H3;1H. The zero-order valence-corrected chi connectivity index (χ0v) is 8.88. The number of quaternary nitrogens is 1. The second-order valence-electron chi connectivity index (χ2n) is 2.87. The van der Waals surface area contributed by atoms with Crippen LogP contribution in [0.15, 0.2) is 30.3 Å². The van der Waals surface area contributed by atoms with Crippen molar-refractivity contribution < 1.29 is 22.4 Å². The number of nitrogens with one attached hydrogen (secondary N) is 1. The van der Waals surface area contributed by atoms with Gasteiger partial charge in [0.1, 0.15) is 12.6 Å². The molecule has 0 saturated heterocycles. The lowest BCUT2D eigenvalue weighted by Gasteiger charge is -1.99. The van der Waals surface area contributed by atoms with E-state index in [4.69, 9.17) is 5.11 Å². The fraction of sp³-hybridized carbons (Fsp3) is 0.273. The quantitative estimate of drug-likeness (QED) is 0.488. The van der Waals surface area contributed by atoms with Crippen molar-refractivity contribution >= 4 is 0 Å². The van der Waals surface area contributed by atoms with Gasteiger partial charge in [0.05, 0.1) is 13.7 Å². The predicted molar refractivity (Wildman–Crippen MR) is 52.2 cm³/mol. The monoisotopic (exact) mass is 211 g/mol. The molecule has 0 aromatic heterocycles. The number of rotatable bonds is 2. The molecule has 0 aliphatic heterocycles. The third-order valence-corrected chi connectivity index (χ3v) is 1.68. The second-order valence-corrected chi connectivity index (χ2v) is 2.87. The van der Waals surface area contributed by atoms with E-state index < -0.39 is 0 Å². The summed E-state index contributed by atoms with van der Waals surface area (Å²) in [6, 6.07) is 12.8. The zero-order valence-electron chi connectivity index (χ0n) is 8.13. The SMILES string of the molecule is C[NH+](C#Cc1ccccc1)CCO.[Cl-]. The molecule has 0 spiro atoms. The average molecular weight is 212 g/mol. The Kier molecular flexibility index (Phi) is 6.87. The van der Waals surface area contributed by atoms with Crippen LogP contribution >= 0.6 is 0 Å². The van der Waals surface area contributed by atoms with E-state index in [1.165, 1.54) is 0 Å². The summed E-state index contributed by atoms with van der Waals surface area (Å²) < 4.78 is 0. The van der Waals surface area contributed by atoms with Crippen molar-refractivity contribution in [3.8, 4) is 12.0 Å². The fourth-order valence-corrected chi connectivity index (χ4v) is 0.931. The lowest BCUT2D eigenvalue weighted by Crippen LogP contribution is -3.05. The summed E-state index contributed by atoms with van der Waals surface area (Å²) in [7, 11) is 1.94. The zero-order chi connectivity index (χ0) is 9.52. The Morgan fingerprint density at radius 2 is 1.93 bits per heavy atom. The van der Waals surface area contributed by atoms with E-state index in [1.807, 2.05) is 37.4 Å². The van der Waals surface area contributed by atoms with Crippen molar-refractivity contribution in [3.05, 3.63) is 35.9 Å². The highest BCUT2D eigenvalue weighted by atomic mass is 35.5. The van der Waals surface area contributed by atoms with Gasteiger partial charge in [-0.15, -0.1) is 0 Å². The number of hydrogen-bond donors (Lipinski definition) is 2. The number of aliphatic hydroxyl groups excluding tert-OH is 1. The van der Waals surface area contributed by atoms with Gasteiger partial charge in [-0.2, -0.15) is 0 Å². The van der Waals surface area contributed by atoms with Gasteiger partial charge in [0.2, 0.25) is 0 Å². The number of halogens is 1. The van der Waals surface area contributed by atoms with Gasteiger partial charge in [0, 0.05) is 5.56 Å². The van der Waals surface area contributed by atoms with Crippen molar-refractivity contribution in [1.82, 2.24) is 0 Å². The summed E-state index contributed by atoms with van der Waals surface area (Å²) in [5.41, 5.74) is 1.01. The number of hydrogen-bond acceptors (Lipinski definition) is 1. The van der Waals surface area contributed by atoms with E-state index >= 15 is 0 Å². The molecule has 0 aliphatic carbocycles. The van der Waals surface area contributed by atoms with Gasteiger partial charge in [0.25, 0.3) is 0 Å². The van der Waals surface area contributed by atoms with Crippen molar-refractivity contribution in [1.29, 1.82) is 0 Å². The van der Waals surface area contributed by atoms with Crippen LogP contribution in [0.5, 0.6) is 0 Å². The van der Waals surface area contributed by atoms with E-state index in [9.17, 15) is 0 Å². The van der Waals surface area contributed by atoms with Crippen molar-refractivity contribution in [2.75, 3.05) is 20.2 Å². The summed E-state index contributed by atoms with van der Waals surface area (Å²) >= 11 is 0. The minimum absolute atomic E-state index is 0. The van der Waals surface area contributed by atoms with E-state index in [1.54, 1.807) is 0 Å². The fourth-order valence-electron chi connectivity index (χ4n) is 0.931. The van der Waals surface area contributed by atoms with Crippen LogP contribution in [0.3, 0.4) is 0 Å². The molecule has 0 bridgehead atoms. The van der Waals surface area contributed by atoms with Crippen LogP contribution in [0.4, 0.5) is 0 Å². The van der Waals surface area contributed by atoms with Gasteiger partial charge in [0.15, 0.2) is 0 Å². The molecule has 76 valence electrons. The molecule has 2 nitrogen and oxygen atoms in total. The number of aliphatic hydroxyl groups is 1. The smallest absolute Gasteiger partial charge is 0.140 e. The van der Waals surface area contributed by atoms with E-state index in [0.29, 0.717) is 6.54 Å². The third-order valence-electron chi connectivity index (χ3n) is 1.68. The molecule has 1 aromatic carbocycles. The van der Waals surface area contributed by atoms with Crippen LogP contribution in [-0.4, -0.2) is 25.3 Å². The molecule has 0 radical (unpaired) electrons. The third kappa shape index (κ3) is 4.88. The first-order valence-corrected chi connectivity index (χ1v) is 4.33. The Labute approximate surface area is 91.0 Å². The molecule has 0 saturated carbocycles. The highest BCUT2D eigenvalue weighted by Gasteiger charge is 1.92. The van der Waals surface area contributed by atoms with Gasteiger partial charge in [-0.05, 0) is 18.1 Å². The Balaban J connectivity index is 0.00000169. The predicted octanol–water partition coefficient (Wildman–Crippen LogP) is -3.49. The Bertz CT molecular complexity index is 302. The Hall–Kier alpha value is -1.01. The Morgan fingerprint density at radius 3 is 2.50 bits per heavy atom. The summed E-state index contributed by atoms with van der Waals surface area (Å²) in [5, 5.41) is 8.65. The lowest BCUT2D eigenvalue weighted by atomic mass is 10.2. The van der Waals surface area contributed by atoms with E-state index in [0.717, 1.165) is 10.5 Å². The topological polar surface area (TPSA) is 24.7 Å². The van der Waals surface area contributed by atoms with Gasteiger partial charge >= 0.3 is 0 Å². The molecular weight excluding hydrogens is 198 g/mol. The lowest BCUT2D eigenvalue weighted by molar-refractivity contribution is -0.807. The highest BCUT2D eigenvalue weighted by Crippen LogP contribution is 1.93. The minimum atomic E-state index is 0. The first kappa shape index (κ1) is 13.0. The molecule has 14 heavy (non-hydrogen) atoms. The van der Waals surface area contributed by atoms with Gasteiger partial charge in [-0.1, -0.05) is 18.2 Å². The molecule has 1 aromatic rings. The van der Waals surface area contributed by atoms with Gasteiger partial charge < -0.3 is 17.5 Å². The van der Waals surface area contributed by atoms with E-state index in [-0.39, 0.29) is 19.0 Å². The van der Waals surface area contributed by atoms with E-state index in [2.05, 4.69) is 12.0 Å². The maximum Gasteiger partial charge on any atom is 0.140 e. The van der Waals surface area contributed by atoms with Crippen LogP contribution in [0.25, 0.3) is 0 Å². The number of likely N-dealkylation sites (N-methyl/N-ethyl adjacent to an activating group) is 1. The molecule has 2 N–H and O–H groups in total. The molecule has 1 atom stereocenters. The molecule has 0 amide bonds. The van der Waals surface area contributed by atoms with Gasteiger partial charge in [-0.25, -0.2) is 0 Å². The largest absolute Gasteiger partial charge is 1.00 e. The molecule has 1 rings (SSSR count). The first-order valence-electron chi connectivity index (χ1n) is 4.33. The maximum absolute atomic E-state index is 8.65.